The molecule has 2 aromatic carbocycles. The van der Waals surface area contributed by atoms with Crippen LogP contribution in [0, 0.1) is 10.1 Å². The van der Waals surface area contributed by atoms with Gasteiger partial charge in [-0.3, -0.25) is 10.1 Å². The van der Waals surface area contributed by atoms with Crippen LogP contribution in [0.4, 0.5) is 34.5 Å². The highest BCUT2D eigenvalue weighted by Crippen LogP contribution is 2.33. The van der Waals surface area contributed by atoms with Gasteiger partial charge in [0.2, 0.25) is 5.95 Å². The molecular formula is C21H21ClN6O4. The van der Waals surface area contributed by atoms with Crippen LogP contribution in [0.15, 0.2) is 48.5 Å². The SMILES string of the molecule is COc1cc(N2CCOCC2)ccc1Nc1nc(Cl)cc(Nc2ccccc2[N+](=O)[O-])n1. The minimum atomic E-state index is -0.467. The lowest BCUT2D eigenvalue weighted by Crippen LogP contribution is -2.36. The minimum Gasteiger partial charge on any atom is -0.494 e. The molecule has 0 saturated carbocycles. The molecule has 1 aliphatic rings. The Hall–Kier alpha value is -3.63. The van der Waals surface area contributed by atoms with Gasteiger partial charge in [0.05, 0.1) is 30.9 Å². The van der Waals surface area contributed by atoms with Crippen molar-refractivity contribution in [3.05, 3.63) is 63.8 Å². The third kappa shape index (κ3) is 4.98. The number of nitro benzene ring substituents is 1. The second-order valence-electron chi connectivity index (χ2n) is 6.91. The second-order valence-corrected chi connectivity index (χ2v) is 7.30. The van der Waals surface area contributed by atoms with Gasteiger partial charge in [0, 0.05) is 37.0 Å². The molecule has 0 radical (unpaired) electrons. The molecule has 11 heteroatoms. The van der Waals surface area contributed by atoms with Gasteiger partial charge in [-0.25, -0.2) is 4.98 Å². The van der Waals surface area contributed by atoms with E-state index in [1.807, 2.05) is 18.2 Å². The number of hydrogen-bond donors (Lipinski definition) is 2. The van der Waals surface area contributed by atoms with Crippen molar-refractivity contribution in [1.29, 1.82) is 0 Å². The third-order valence-electron chi connectivity index (χ3n) is 4.87. The van der Waals surface area contributed by atoms with Crippen LogP contribution in [0.3, 0.4) is 0 Å². The number of methoxy groups -OCH3 is 1. The van der Waals surface area contributed by atoms with Gasteiger partial charge in [-0.05, 0) is 18.2 Å². The van der Waals surface area contributed by atoms with Crippen molar-refractivity contribution in [2.75, 3.05) is 48.9 Å². The summed E-state index contributed by atoms with van der Waals surface area (Å²) in [7, 11) is 1.59. The number of nitro groups is 1. The van der Waals surface area contributed by atoms with Crippen molar-refractivity contribution in [1.82, 2.24) is 9.97 Å². The number of ether oxygens (including phenoxy) is 2. The molecule has 32 heavy (non-hydrogen) atoms. The van der Waals surface area contributed by atoms with E-state index in [2.05, 4.69) is 25.5 Å². The quantitative estimate of drug-likeness (QED) is 0.303. The molecule has 0 amide bonds. The van der Waals surface area contributed by atoms with Crippen LogP contribution in [0.25, 0.3) is 0 Å². The van der Waals surface area contributed by atoms with E-state index >= 15 is 0 Å². The first-order chi connectivity index (χ1) is 15.5. The highest BCUT2D eigenvalue weighted by molar-refractivity contribution is 6.29. The molecule has 0 unspecified atom stereocenters. The fourth-order valence-corrected chi connectivity index (χ4v) is 3.52. The Balaban J connectivity index is 1.57. The van der Waals surface area contributed by atoms with Crippen molar-refractivity contribution in [3.63, 3.8) is 0 Å². The van der Waals surface area contributed by atoms with E-state index in [0.29, 0.717) is 36.2 Å². The van der Waals surface area contributed by atoms with Crippen molar-refractivity contribution in [2.45, 2.75) is 0 Å². The van der Waals surface area contributed by atoms with E-state index in [4.69, 9.17) is 21.1 Å². The molecule has 0 atom stereocenters. The maximum Gasteiger partial charge on any atom is 0.292 e. The first kappa shape index (κ1) is 21.6. The van der Waals surface area contributed by atoms with Crippen molar-refractivity contribution >= 4 is 46.1 Å². The van der Waals surface area contributed by atoms with Gasteiger partial charge in [-0.1, -0.05) is 23.7 Å². The van der Waals surface area contributed by atoms with Gasteiger partial charge in [0.1, 0.15) is 22.4 Å². The van der Waals surface area contributed by atoms with Gasteiger partial charge >= 0.3 is 0 Å². The van der Waals surface area contributed by atoms with Crippen molar-refractivity contribution < 1.29 is 14.4 Å². The normalized spacial score (nSPS) is 13.5. The molecule has 1 saturated heterocycles. The van der Waals surface area contributed by atoms with E-state index in [1.165, 1.54) is 12.1 Å². The zero-order valence-electron chi connectivity index (χ0n) is 17.2. The first-order valence-corrected chi connectivity index (χ1v) is 10.2. The van der Waals surface area contributed by atoms with Gasteiger partial charge in [-0.15, -0.1) is 0 Å². The second kappa shape index (κ2) is 9.67. The summed E-state index contributed by atoms with van der Waals surface area (Å²) < 4.78 is 11.0. The zero-order valence-corrected chi connectivity index (χ0v) is 18.0. The Bertz CT molecular complexity index is 1120. The third-order valence-corrected chi connectivity index (χ3v) is 5.06. The summed E-state index contributed by atoms with van der Waals surface area (Å²) in [5.41, 5.74) is 1.91. The summed E-state index contributed by atoms with van der Waals surface area (Å²) in [6, 6.07) is 13.6. The highest BCUT2D eigenvalue weighted by atomic mass is 35.5. The van der Waals surface area contributed by atoms with Crippen molar-refractivity contribution in [3.8, 4) is 5.75 Å². The molecule has 4 rings (SSSR count). The van der Waals surface area contributed by atoms with Crippen LogP contribution in [0.2, 0.25) is 5.15 Å². The molecule has 3 aromatic rings. The lowest BCUT2D eigenvalue weighted by atomic mass is 10.2. The molecule has 0 aliphatic carbocycles. The Morgan fingerprint density at radius 1 is 1.09 bits per heavy atom. The van der Waals surface area contributed by atoms with Gasteiger partial charge in [-0.2, -0.15) is 4.98 Å². The van der Waals surface area contributed by atoms with Crippen LogP contribution in [-0.4, -0.2) is 48.3 Å². The number of para-hydroxylation sites is 2. The van der Waals surface area contributed by atoms with Crippen LogP contribution in [-0.2, 0) is 4.74 Å². The topological polar surface area (TPSA) is 115 Å². The molecular weight excluding hydrogens is 436 g/mol. The molecule has 10 nitrogen and oxygen atoms in total. The lowest BCUT2D eigenvalue weighted by Gasteiger charge is -2.29. The molecule has 1 fully saturated rings. The average molecular weight is 457 g/mol. The zero-order chi connectivity index (χ0) is 22.5. The maximum atomic E-state index is 11.3. The van der Waals surface area contributed by atoms with E-state index in [-0.39, 0.29) is 16.8 Å². The van der Waals surface area contributed by atoms with E-state index in [9.17, 15) is 10.1 Å². The summed E-state index contributed by atoms with van der Waals surface area (Å²) in [5, 5.41) is 17.5. The number of hydrogen-bond acceptors (Lipinski definition) is 9. The fraction of sp³-hybridized carbons (Fsp3) is 0.238. The summed E-state index contributed by atoms with van der Waals surface area (Å²) in [5.74, 6) is 1.15. The molecule has 1 aliphatic heterocycles. The summed E-state index contributed by atoms with van der Waals surface area (Å²) >= 11 is 6.17. The van der Waals surface area contributed by atoms with E-state index < -0.39 is 4.92 Å². The molecule has 1 aromatic heterocycles. The van der Waals surface area contributed by atoms with Crippen LogP contribution in [0.5, 0.6) is 5.75 Å². The number of rotatable bonds is 7. The standard InChI is InChI=1S/C21H21ClN6O4/c1-31-18-12-14(27-8-10-32-11-9-27)6-7-16(18)24-21-25-19(22)13-20(26-21)23-15-4-2-3-5-17(15)28(29)30/h2-7,12-13H,8-11H2,1H3,(H2,23,24,25,26). The van der Waals surface area contributed by atoms with Gasteiger partial charge in [0.15, 0.2) is 0 Å². The number of nitrogens with one attached hydrogen (secondary N) is 2. The number of nitrogens with zero attached hydrogens (tertiary/aromatic N) is 4. The number of halogens is 1. The molecule has 166 valence electrons. The van der Waals surface area contributed by atoms with E-state index in [1.54, 1.807) is 25.3 Å². The summed E-state index contributed by atoms with van der Waals surface area (Å²) in [6.07, 6.45) is 0. The number of anilines is 5. The largest absolute Gasteiger partial charge is 0.494 e. The Morgan fingerprint density at radius 3 is 2.62 bits per heavy atom. The highest BCUT2D eigenvalue weighted by Gasteiger charge is 2.16. The fourth-order valence-electron chi connectivity index (χ4n) is 3.34. The maximum absolute atomic E-state index is 11.3. The smallest absolute Gasteiger partial charge is 0.292 e. The first-order valence-electron chi connectivity index (χ1n) is 9.86. The number of benzene rings is 2. The number of aromatic nitrogens is 2. The summed E-state index contributed by atoms with van der Waals surface area (Å²) in [6.45, 7) is 3.00. The van der Waals surface area contributed by atoms with E-state index in [0.717, 1.165) is 18.8 Å². The molecule has 0 spiro atoms. The number of morpholine rings is 1. The molecule has 2 heterocycles. The molecule has 2 N–H and O–H groups in total. The van der Waals surface area contributed by atoms with Crippen LogP contribution in [0.1, 0.15) is 0 Å². The predicted octanol–water partition coefficient (Wildman–Crippen LogP) is 4.37. The van der Waals surface area contributed by atoms with Gasteiger partial charge in [0.25, 0.3) is 5.69 Å². The van der Waals surface area contributed by atoms with Crippen LogP contribution >= 0.6 is 11.6 Å². The predicted molar refractivity (Wildman–Crippen MR) is 123 cm³/mol. The van der Waals surface area contributed by atoms with Crippen LogP contribution < -0.4 is 20.3 Å². The minimum absolute atomic E-state index is 0.0721. The summed E-state index contributed by atoms with van der Waals surface area (Å²) in [4.78, 5) is 21.6. The van der Waals surface area contributed by atoms with Gasteiger partial charge < -0.3 is 25.0 Å². The molecule has 0 bridgehead atoms. The Morgan fingerprint density at radius 2 is 1.88 bits per heavy atom. The lowest BCUT2D eigenvalue weighted by molar-refractivity contribution is -0.383. The Kier molecular flexibility index (Phi) is 6.52. The Labute approximate surface area is 189 Å². The monoisotopic (exact) mass is 456 g/mol. The van der Waals surface area contributed by atoms with Crippen molar-refractivity contribution in [2.24, 2.45) is 0 Å². The average Bonchev–Trinajstić information content (AvgIpc) is 2.80.